The molecule has 0 radical (unpaired) electrons. The Hall–Kier alpha value is -2.39. The Morgan fingerprint density at radius 1 is 1.03 bits per heavy atom. The van der Waals surface area contributed by atoms with Crippen LogP contribution in [-0.2, 0) is 27.4 Å². The van der Waals surface area contributed by atoms with Crippen molar-refractivity contribution < 1.29 is 26.4 Å². The van der Waals surface area contributed by atoms with Gasteiger partial charge in [0.25, 0.3) is 0 Å². The average molecular weight is 440 g/mol. The zero-order valence-corrected chi connectivity index (χ0v) is 17.3. The Balaban J connectivity index is 1.87. The van der Waals surface area contributed by atoms with Gasteiger partial charge < -0.3 is 4.90 Å². The Labute approximate surface area is 174 Å². The first kappa shape index (κ1) is 22.3. The van der Waals surface area contributed by atoms with E-state index in [1.165, 1.54) is 30.1 Å². The predicted molar refractivity (Wildman–Crippen MR) is 107 cm³/mol. The van der Waals surface area contributed by atoms with E-state index in [1.54, 1.807) is 35.2 Å². The van der Waals surface area contributed by atoms with Crippen LogP contribution in [0.25, 0.3) is 0 Å². The van der Waals surface area contributed by atoms with Crippen molar-refractivity contribution in [3.05, 3.63) is 71.3 Å². The van der Waals surface area contributed by atoms with Crippen LogP contribution in [-0.4, -0.2) is 55.8 Å². The summed E-state index contributed by atoms with van der Waals surface area (Å²) in [5.74, 6) is -0.480. The second kappa shape index (κ2) is 8.77. The molecule has 5 nitrogen and oxygen atoms in total. The van der Waals surface area contributed by atoms with Crippen LogP contribution in [0, 0.1) is 0 Å². The van der Waals surface area contributed by atoms with E-state index in [-0.39, 0.29) is 42.6 Å². The number of alkyl halides is 3. The fourth-order valence-electron chi connectivity index (χ4n) is 3.61. The van der Waals surface area contributed by atoms with Gasteiger partial charge in [-0.15, -0.1) is 0 Å². The molecule has 162 valence electrons. The molecule has 2 aromatic rings. The third-order valence-electron chi connectivity index (χ3n) is 5.20. The minimum absolute atomic E-state index is 0.00823. The lowest BCUT2D eigenvalue weighted by atomic mass is 10.0. The molecule has 1 fully saturated rings. The van der Waals surface area contributed by atoms with Crippen LogP contribution in [0.2, 0.25) is 0 Å². The number of hydrogen-bond acceptors (Lipinski definition) is 4. The van der Waals surface area contributed by atoms with Gasteiger partial charge in [0.15, 0.2) is 9.84 Å². The van der Waals surface area contributed by atoms with Crippen molar-refractivity contribution in [2.75, 3.05) is 31.6 Å². The second-order valence-corrected chi connectivity index (χ2v) is 9.65. The summed E-state index contributed by atoms with van der Waals surface area (Å²) in [5.41, 5.74) is -0.0865. The van der Waals surface area contributed by atoms with Crippen molar-refractivity contribution in [3.63, 3.8) is 0 Å². The summed E-state index contributed by atoms with van der Waals surface area (Å²) >= 11 is 0. The van der Waals surface area contributed by atoms with Gasteiger partial charge in [0, 0.05) is 26.7 Å². The summed E-state index contributed by atoms with van der Waals surface area (Å²) in [6.07, 6.45) is -4.51. The van der Waals surface area contributed by atoms with E-state index >= 15 is 0 Å². The molecule has 1 saturated heterocycles. The third-order valence-corrected chi connectivity index (χ3v) is 6.81. The molecule has 3 rings (SSSR count). The van der Waals surface area contributed by atoms with E-state index in [0.29, 0.717) is 5.56 Å². The fourth-order valence-corrected chi connectivity index (χ4v) is 4.84. The first-order valence-electron chi connectivity index (χ1n) is 9.48. The summed E-state index contributed by atoms with van der Waals surface area (Å²) in [4.78, 5) is 16.4. The predicted octanol–water partition coefficient (Wildman–Crippen LogP) is 3.14. The van der Waals surface area contributed by atoms with E-state index in [0.717, 1.165) is 6.07 Å². The van der Waals surface area contributed by atoms with Crippen molar-refractivity contribution in [1.29, 1.82) is 0 Å². The van der Waals surface area contributed by atoms with E-state index in [1.807, 2.05) is 0 Å². The van der Waals surface area contributed by atoms with E-state index in [2.05, 4.69) is 0 Å². The van der Waals surface area contributed by atoms with Gasteiger partial charge in [-0.2, -0.15) is 13.2 Å². The topological polar surface area (TPSA) is 57.7 Å². The largest absolute Gasteiger partial charge is 0.416 e. The van der Waals surface area contributed by atoms with Gasteiger partial charge in [-0.05, 0) is 17.2 Å². The number of carbonyl (C=O) groups is 1. The summed E-state index contributed by atoms with van der Waals surface area (Å²) in [7, 11) is -1.68. The van der Waals surface area contributed by atoms with E-state index in [9.17, 15) is 26.4 Å². The van der Waals surface area contributed by atoms with E-state index < -0.39 is 27.6 Å². The van der Waals surface area contributed by atoms with Gasteiger partial charge in [0.05, 0.1) is 17.1 Å². The van der Waals surface area contributed by atoms with Crippen LogP contribution < -0.4 is 0 Å². The number of halogens is 3. The number of rotatable bonds is 5. The molecule has 0 aromatic heterocycles. The second-order valence-electron chi connectivity index (χ2n) is 7.35. The first-order chi connectivity index (χ1) is 14.1. The Morgan fingerprint density at radius 3 is 2.20 bits per heavy atom. The maximum atomic E-state index is 13.3. The number of hydrogen-bond donors (Lipinski definition) is 0. The van der Waals surface area contributed by atoms with Gasteiger partial charge in [-0.3, -0.25) is 9.69 Å². The molecule has 1 heterocycles. The lowest BCUT2D eigenvalue weighted by Gasteiger charge is -2.36. The van der Waals surface area contributed by atoms with Crippen LogP contribution in [0.15, 0.2) is 54.6 Å². The van der Waals surface area contributed by atoms with Gasteiger partial charge in [0.1, 0.15) is 6.04 Å². The molecule has 9 heteroatoms. The monoisotopic (exact) mass is 440 g/mol. The molecule has 0 aliphatic carbocycles. The normalized spacial score (nSPS) is 18.0. The van der Waals surface area contributed by atoms with Crippen molar-refractivity contribution in [2.24, 2.45) is 0 Å². The first-order valence-corrected chi connectivity index (χ1v) is 11.3. The lowest BCUT2D eigenvalue weighted by molar-refractivity contribution is -0.141. The van der Waals surface area contributed by atoms with Crippen molar-refractivity contribution in [2.45, 2.75) is 18.8 Å². The molecule has 1 unspecified atom stereocenters. The molecule has 0 N–H and O–H groups in total. The van der Waals surface area contributed by atoms with Crippen molar-refractivity contribution >= 4 is 15.7 Å². The number of sulfone groups is 1. The number of carbonyl (C=O) groups excluding carboxylic acids is 1. The molecule has 0 saturated carbocycles. The van der Waals surface area contributed by atoms with Gasteiger partial charge in [-0.25, -0.2) is 8.42 Å². The molecule has 30 heavy (non-hydrogen) atoms. The molecular weight excluding hydrogens is 417 g/mol. The number of nitrogens with zero attached hydrogens (tertiary/aromatic N) is 2. The maximum Gasteiger partial charge on any atom is 0.416 e. The minimum Gasteiger partial charge on any atom is -0.340 e. The summed E-state index contributed by atoms with van der Waals surface area (Å²) in [6.45, 7) is 0.186. The van der Waals surface area contributed by atoms with Crippen molar-refractivity contribution in [3.8, 4) is 0 Å². The molecular formula is C21H23F3N2O3S. The highest BCUT2D eigenvalue weighted by Gasteiger charge is 2.36. The van der Waals surface area contributed by atoms with Gasteiger partial charge in [0.2, 0.25) is 5.91 Å². The quantitative estimate of drug-likeness (QED) is 0.717. The molecule has 1 aliphatic rings. The molecule has 2 aromatic carbocycles. The molecule has 1 amide bonds. The van der Waals surface area contributed by atoms with Crippen LogP contribution >= 0.6 is 0 Å². The maximum absolute atomic E-state index is 13.3. The van der Waals surface area contributed by atoms with Crippen LogP contribution in [0.5, 0.6) is 0 Å². The molecule has 0 bridgehead atoms. The summed E-state index contributed by atoms with van der Waals surface area (Å²) in [6, 6.07) is 13.3. The van der Waals surface area contributed by atoms with E-state index in [4.69, 9.17) is 0 Å². The smallest absolute Gasteiger partial charge is 0.340 e. The Bertz CT molecular complexity index is 980. The lowest BCUT2D eigenvalue weighted by Crippen LogP contribution is -2.47. The van der Waals surface area contributed by atoms with Crippen molar-refractivity contribution in [1.82, 2.24) is 9.80 Å². The Kier molecular flexibility index (Phi) is 6.52. The van der Waals surface area contributed by atoms with Gasteiger partial charge in [-0.1, -0.05) is 48.5 Å². The fraction of sp³-hybridized carbons (Fsp3) is 0.381. The molecule has 0 spiro atoms. The third kappa shape index (κ3) is 5.20. The average Bonchev–Trinajstić information content (AvgIpc) is 2.69. The molecule has 1 atom stereocenters. The summed E-state index contributed by atoms with van der Waals surface area (Å²) < 4.78 is 63.6. The number of amides is 1. The number of benzene rings is 2. The van der Waals surface area contributed by atoms with Crippen LogP contribution in [0.4, 0.5) is 13.2 Å². The van der Waals surface area contributed by atoms with Crippen LogP contribution in [0.3, 0.4) is 0 Å². The zero-order chi connectivity index (χ0) is 21.9. The minimum atomic E-state index is -4.51. The highest BCUT2D eigenvalue weighted by molar-refractivity contribution is 7.91. The Morgan fingerprint density at radius 2 is 1.60 bits per heavy atom. The van der Waals surface area contributed by atoms with Gasteiger partial charge >= 0.3 is 6.18 Å². The molecule has 1 aliphatic heterocycles. The highest BCUT2D eigenvalue weighted by atomic mass is 32.2. The number of likely N-dealkylation sites (N-methyl/N-ethyl adjacent to an activating group) is 1. The standard InChI is InChI=1S/C21H23F3N2O3S/c1-25(15-17-9-5-6-10-18(17)21(22,23)24)20(27)19(16-7-3-2-4-8-16)26-11-13-30(28,29)14-12-26/h2-10,19H,11-15H2,1H3. The summed E-state index contributed by atoms with van der Waals surface area (Å²) in [5, 5.41) is 0. The SMILES string of the molecule is CN(Cc1ccccc1C(F)(F)F)C(=O)C(c1ccccc1)N1CCS(=O)(=O)CC1. The van der Waals surface area contributed by atoms with Crippen LogP contribution in [0.1, 0.15) is 22.7 Å². The highest BCUT2D eigenvalue weighted by Crippen LogP contribution is 2.33. The zero-order valence-electron chi connectivity index (χ0n) is 16.5.